The normalized spacial score (nSPS) is 14.5. The fourth-order valence-electron chi connectivity index (χ4n) is 3.21. The Hall–Kier alpha value is -2.71. The number of fused-ring (bicyclic) bond motifs is 1. The van der Waals surface area contributed by atoms with Gasteiger partial charge in [0.05, 0.1) is 18.8 Å². The summed E-state index contributed by atoms with van der Waals surface area (Å²) >= 11 is 0. The second-order valence-corrected chi connectivity index (χ2v) is 7.07. The highest BCUT2D eigenvalue weighted by Crippen LogP contribution is 2.22. The van der Waals surface area contributed by atoms with Gasteiger partial charge in [-0.25, -0.2) is 0 Å². The number of ether oxygens (including phenoxy) is 1. The minimum absolute atomic E-state index is 0.0292. The zero-order chi connectivity index (χ0) is 20.1. The maximum Gasteiger partial charge on any atom is 0.292 e. The highest BCUT2D eigenvalue weighted by molar-refractivity contribution is 6.45. The van der Waals surface area contributed by atoms with Crippen LogP contribution in [0.2, 0.25) is 0 Å². The summed E-state index contributed by atoms with van der Waals surface area (Å²) in [5.74, 6) is -1.25. The lowest BCUT2D eigenvalue weighted by molar-refractivity contribution is -0.135. The van der Waals surface area contributed by atoms with Gasteiger partial charge in [0.2, 0.25) is 5.91 Å². The molecule has 1 saturated heterocycles. The van der Waals surface area contributed by atoms with E-state index < -0.39 is 11.7 Å². The van der Waals surface area contributed by atoms with Gasteiger partial charge in [0.25, 0.3) is 11.7 Å². The van der Waals surface area contributed by atoms with E-state index in [1.165, 1.54) is 0 Å². The van der Waals surface area contributed by atoms with E-state index in [4.69, 9.17) is 4.74 Å². The van der Waals surface area contributed by atoms with Gasteiger partial charge in [0.15, 0.2) is 0 Å². The lowest BCUT2D eigenvalue weighted by Gasteiger charge is -2.27. The van der Waals surface area contributed by atoms with Gasteiger partial charge < -0.3 is 24.4 Å². The molecule has 3 rings (SSSR count). The summed E-state index contributed by atoms with van der Waals surface area (Å²) in [6.45, 7) is 3.37. The Morgan fingerprint density at radius 3 is 2.57 bits per heavy atom. The van der Waals surface area contributed by atoms with Gasteiger partial charge >= 0.3 is 0 Å². The second kappa shape index (κ2) is 8.99. The highest BCUT2D eigenvalue weighted by atomic mass is 16.5. The molecule has 1 fully saturated rings. The zero-order valence-electron chi connectivity index (χ0n) is 16.3. The molecule has 1 aliphatic heterocycles. The molecule has 150 valence electrons. The van der Waals surface area contributed by atoms with E-state index in [1.807, 2.05) is 37.2 Å². The first-order valence-corrected chi connectivity index (χ1v) is 9.38. The maximum absolute atomic E-state index is 12.7. The summed E-state index contributed by atoms with van der Waals surface area (Å²) in [6, 6.07) is 7.31. The molecule has 28 heavy (non-hydrogen) atoms. The third-order valence-corrected chi connectivity index (χ3v) is 4.75. The van der Waals surface area contributed by atoms with Crippen LogP contribution in [0.25, 0.3) is 10.9 Å². The van der Waals surface area contributed by atoms with Gasteiger partial charge in [-0.2, -0.15) is 0 Å². The number of para-hydroxylation sites is 1. The molecular formula is C20H26N4O4. The summed E-state index contributed by atoms with van der Waals surface area (Å²) in [4.78, 5) is 41.2. The average Bonchev–Trinajstić information content (AvgIpc) is 3.06. The summed E-state index contributed by atoms with van der Waals surface area (Å²) < 4.78 is 7.03. The van der Waals surface area contributed by atoms with Crippen LogP contribution in [0.15, 0.2) is 30.5 Å². The number of aromatic nitrogens is 1. The predicted octanol–water partition coefficient (Wildman–Crippen LogP) is 0.361. The van der Waals surface area contributed by atoms with E-state index >= 15 is 0 Å². The van der Waals surface area contributed by atoms with Gasteiger partial charge in [-0.05, 0) is 20.2 Å². The van der Waals surface area contributed by atoms with Gasteiger partial charge in [-0.15, -0.1) is 0 Å². The molecule has 0 saturated carbocycles. The van der Waals surface area contributed by atoms with Crippen LogP contribution in [0.5, 0.6) is 0 Å². The van der Waals surface area contributed by atoms with E-state index in [-0.39, 0.29) is 12.5 Å². The van der Waals surface area contributed by atoms with Crippen molar-refractivity contribution in [3.63, 3.8) is 0 Å². The summed E-state index contributed by atoms with van der Waals surface area (Å²) in [7, 11) is 3.79. The molecule has 2 heterocycles. The number of carbonyl (C=O) groups excluding carboxylic acids is 3. The number of rotatable bonds is 7. The van der Waals surface area contributed by atoms with E-state index in [2.05, 4.69) is 5.32 Å². The molecule has 0 bridgehead atoms. The van der Waals surface area contributed by atoms with Crippen LogP contribution in [0.4, 0.5) is 0 Å². The number of amides is 2. The Kier molecular flexibility index (Phi) is 6.43. The number of nitrogens with one attached hydrogen (secondary N) is 1. The molecule has 0 spiro atoms. The Labute approximate surface area is 164 Å². The molecular weight excluding hydrogens is 360 g/mol. The minimum Gasteiger partial charge on any atom is -0.378 e. The molecule has 0 aliphatic carbocycles. The summed E-state index contributed by atoms with van der Waals surface area (Å²) in [5, 5.41) is 3.32. The SMILES string of the molecule is CN(C)CCNC(=O)C(=O)c1cn(CC(=O)N2CCOCC2)c2ccccc12. The Bertz CT molecular complexity index is 868. The fraction of sp³-hybridized carbons (Fsp3) is 0.450. The standard InChI is InChI=1S/C20H26N4O4/c1-22(2)8-7-21-20(27)19(26)16-13-24(17-6-4-3-5-15(16)17)14-18(25)23-9-11-28-12-10-23/h3-6,13H,7-12,14H2,1-2H3,(H,21,27). The third kappa shape index (κ3) is 4.58. The number of hydrogen-bond donors (Lipinski definition) is 1. The molecule has 0 radical (unpaired) electrons. The number of likely N-dealkylation sites (N-methyl/N-ethyl adjacent to an activating group) is 1. The van der Waals surface area contributed by atoms with Crippen molar-refractivity contribution in [3.05, 3.63) is 36.0 Å². The Morgan fingerprint density at radius 2 is 1.86 bits per heavy atom. The molecule has 2 amide bonds. The van der Waals surface area contributed by atoms with Crippen LogP contribution in [-0.4, -0.2) is 85.5 Å². The van der Waals surface area contributed by atoms with Crippen molar-refractivity contribution in [1.82, 2.24) is 19.7 Å². The number of benzene rings is 1. The second-order valence-electron chi connectivity index (χ2n) is 7.07. The van der Waals surface area contributed by atoms with Crippen molar-refractivity contribution in [2.45, 2.75) is 6.54 Å². The molecule has 0 unspecified atom stereocenters. The van der Waals surface area contributed by atoms with Crippen LogP contribution in [0.1, 0.15) is 10.4 Å². The summed E-state index contributed by atoms with van der Waals surface area (Å²) in [5.41, 5.74) is 1.07. The smallest absolute Gasteiger partial charge is 0.292 e. The number of Topliss-reactive ketones (excluding diaryl/α,β-unsaturated/α-hetero) is 1. The first-order chi connectivity index (χ1) is 13.5. The average molecular weight is 386 g/mol. The number of carbonyl (C=O) groups is 3. The van der Waals surface area contributed by atoms with Crippen molar-refractivity contribution >= 4 is 28.5 Å². The van der Waals surface area contributed by atoms with Gasteiger partial charge in [-0.3, -0.25) is 14.4 Å². The number of ketones is 1. The largest absolute Gasteiger partial charge is 0.378 e. The first-order valence-electron chi connectivity index (χ1n) is 9.38. The van der Waals surface area contributed by atoms with Crippen molar-refractivity contribution in [3.8, 4) is 0 Å². The zero-order valence-corrected chi connectivity index (χ0v) is 16.3. The summed E-state index contributed by atoms with van der Waals surface area (Å²) in [6.07, 6.45) is 1.61. The van der Waals surface area contributed by atoms with Crippen molar-refractivity contribution in [2.24, 2.45) is 0 Å². The highest BCUT2D eigenvalue weighted by Gasteiger charge is 2.23. The van der Waals surface area contributed by atoms with E-state index in [9.17, 15) is 14.4 Å². The van der Waals surface area contributed by atoms with Crippen LogP contribution < -0.4 is 5.32 Å². The molecule has 2 aromatic rings. The Morgan fingerprint density at radius 1 is 1.14 bits per heavy atom. The number of nitrogens with zero attached hydrogens (tertiary/aromatic N) is 3. The first kappa shape index (κ1) is 20.0. The van der Waals surface area contributed by atoms with E-state index in [1.54, 1.807) is 21.7 Å². The molecule has 8 nitrogen and oxygen atoms in total. The molecule has 1 N–H and O–H groups in total. The molecule has 1 aromatic heterocycles. The van der Waals surface area contributed by atoms with Gasteiger partial charge in [0.1, 0.15) is 6.54 Å². The predicted molar refractivity (Wildman–Crippen MR) is 105 cm³/mol. The van der Waals surface area contributed by atoms with Crippen LogP contribution in [0.3, 0.4) is 0 Å². The van der Waals surface area contributed by atoms with Crippen molar-refractivity contribution in [1.29, 1.82) is 0 Å². The number of morpholine rings is 1. The monoisotopic (exact) mass is 386 g/mol. The van der Waals surface area contributed by atoms with Gasteiger partial charge in [-0.1, -0.05) is 18.2 Å². The van der Waals surface area contributed by atoms with Gasteiger partial charge in [0, 0.05) is 43.3 Å². The van der Waals surface area contributed by atoms with Crippen molar-refractivity contribution in [2.75, 3.05) is 53.5 Å². The molecule has 1 aromatic carbocycles. The lowest BCUT2D eigenvalue weighted by Crippen LogP contribution is -2.42. The van der Waals surface area contributed by atoms with Crippen LogP contribution in [0, 0.1) is 0 Å². The molecule has 1 aliphatic rings. The molecule has 8 heteroatoms. The maximum atomic E-state index is 12.7. The van der Waals surface area contributed by atoms with E-state index in [0.717, 1.165) is 5.52 Å². The lowest BCUT2D eigenvalue weighted by atomic mass is 10.1. The van der Waals surface area contributed by atoms with Crippen molar-refractivity contribution < 1.29 is 19.1 Å². The number of hydrogen-bond acceptors (Lipinski definition) is 5. The van der Waals surface area contributed by atoms with Crippen LogP contribution in [-0.2, 0) is 20.9 Å². The van der Waals surface area contributed by atoms with Crippen LogP contribution >= 0.6 is 0 Å². The van der Waals surface area contributed by atoms with E-state index in [0.29, 0.717) is 50.3 Å². The third-order valence-electron chi connectivity index (χ3n) is 4.75. The quantitative estimate of drug-likeness (QED) is 0.549. The minimum atomic E-state index is -0.635. The topological polar surface area (TPSA) is 83.9 Å². The molecule has 0 atom stereocenters. The fourth-order valence-corrected chi connectivity index (χ4v) is 3.21. The Balaban J connectivity index is 1.79.